The van der Waals surface area contributed by atoms with E-state index >= 15 is 0 Å². The van der Waals surface area contributed by atoms with E-state index in [4.69, 9.17) is 39.5 Å². The quantitative estimate of drug-likeness (QED) is 0.489. The Morgan fingerprint density at radius 2 is 1.31 bits per heavy atom. The third-order valence-corrected chi connectivity index (χ3v) is 5.92. The molecule has 3 aromatic carbocycles. The van der Waals surface area contributed by atoms with Crippen LogP contribution in [0.1, 0.15) is 0 Å². The average Bonchev–Trinajstić information content (AvgIpc) is 2.60. The largest absolute Gasteiger partial charge is 0.457 e. The molecule has 0 saturated carbocycles. The lowest BCUT2D eigenvalue weighted by molar-refractivity contribution is 0.483. The minimum atomic E-state index is -3.92. The van der Waals surface area contributed by atoms with Crippen molar-refractivity contribution >= 4 is 50.5 Å². The van der Waals surface area contributed by atoms with Gasteiger partial charge in [0, 0.05) is 5.69 Å². The molecule has 0 unspecified atom stereocenters. The summed E-state index contributed by atoms with van der Waals surface area (Å²) < 4.78 is 33.2. The number of halogens is 3. The van der Waals surface area contributed by atoms with E-state index < -0.39 is 10.0 Å². The number of rotatable bonds is 5. The average molecular weight is 429 g/mol. The summed E-state index contributed by atoms with van der Waals surface area (Å²) >= 11 is 17.7. The highest BCUT2D eigenvalue weighted by Crippen LogP contribution is 2.32. The first-order valence-corrected chi connectivity index (χ1v) is 9.97. The highest BCUT2D eigenvalue weighted by Gasteiger charge is 2.20. The smallest absolute Gasteiger partial charge is 0.263 e. The highest BCUT2D eigenvalue weighted by molar-refractivity contribution is 7.92. The van der Waals surface area contributed by atoms with Gasteiger partial charge in [-0.15, -0.1) is 0 Å². The third-order valence-electron chi connectivity index (χ3n) is 3.35. The molecule has 0 radical (unpaired) electrons. The van der Waals surface area contributed by atoms with Crippen LogP contribution in [0.5, 0.6) is 11.5 Å². The Kier molecular flexibility index (Phi) is 5.63. The second kappa shape index (κ2) is 7.76. The Morgan fingerprint density at radius 3 is 1.96 bits per heavy atom. The summed E-state index contributed by atoms with van der Waals surface area (Å²) in [5.74, 6) is 1.26. The number of para-hydroxylation sites is 1. The zero-order chi connectivity index (χ0) is 18.7. The summed E-state index contributed by atoms with van der Waals surface area (Å²) in [5.41, 5.74) is 0.354. The first-order valence-electron chi connectivity index (χ1n) is 7.35. The molecule has 0 amide bonds. The third kappa shape index (κ3) is 4.43. The minimum Gasteiger partial charge on any atom is -0.457 e. The van der Waals surface area contributed by atoms with Crippen molar-refractivity contribution < 1.29 is 13.2 Å². The molecule has 0 aliphatic heterocycles. The first kappa shape index (κ1) is 18.9. The van der Waals surface area contributed by atoms with Gasteiger partial charge in [-0.1, -0.05) is 53.0 Å². The van der Waals surface area contributed by atoms with Crippen LogP contribution in [0.2, 0.25) is 15.1 Å². The standard InChI is InChI=1S/C18H12Cl3NO3S/c19-15-10-17(21)18(11-16(15)20)26(23,24)22-12-6-8-14(9-7-12)25-13-4-2-1-3-5-13/h1-11,22H. The molecule has 26 heavy (non-hydrogen) atoms. The van der Waals surface area contributed by atoms with Gasteiger partial charge in [0.15, 0.2) is 0 Å². The van der Waals surface area contributed by atoms with Crippen LogP contribution < -0.4 is 9.46 Å². The maximum absolute atomic E-state index is 12.5. The van der Waals surface area contributed by atoms with Gasteiger partial charge in [-0.25, -0.2) is 8.42 Å². The molecule has 0 saturated heterocycles. The Balaban J connectivity index is 1.79. The van der Waals surface area contributed by atoms with Crippen molar-refractivity contribution in [2.75, 3.05) is 4.72 Å². The molecule has 3 aromatic rings. The molecule has 3 rings (SSSR count). The summed E-state index contributed by atoms with van der Waals surface area (Å²) in [7, 11) is -3.92. The van der Waals surface area contributed by atoms with Gasteiger partial charge in [0.1, 0.15) is 16.4 Å². The van der Waals surface area contributed by atoms with E-state index in [1.54, 1.807) is 24.3 Å². The van der Waals surface area contributed by atoms with Crippen molar-refractivity contribution in [2.45, 2.75) is 4.90 Å². The van der Waals surface area contributed by atoms with Crippen LogP contribution in [0.25, 0.3) is 0 Å². The molecule has 0 fully saturated rings. The molecule has 0 aliphatic carbocycles. The number of hydrogen-bond donors (Lipinski definition) is 1. The van der Waals surface area contributed by atoms with Gasteiger partial charge in [-0.2, -0.15) is 0 Å². The molecule has 134 valence electrons. The summed E-state index contributed by atoms with van der Waals surface area (Å²) in [6.07, 6.45) is 0. The fourth-order valence-electron chi connectivity index (χ4n) is 2.14. The van der Waals surface area contributed by atoms with Crippen LogP contribution in [0.4, 0.5) is 5.69 Å². The fourth-order valence-corrected chi connectivity index (χ4v) is 4.20. The van der Waals surface area contributed by atoms with Crippen LogP contribution in [0.15, 0.2) is 71.6 Å². The molecule has 0 atom stereocenters. The molecule has 0 aromatic heterocycles. The molecule has 0 heterocycles. The van der Waals surface area contributed by atoms with Crippen LogP contribution in [0.3, 0.4) is 0 Å². The van der Waals surface area contributed by atoms with E-state index in [-0.39, 0.29) is 20.0 Å². The monoisotopic (exact) mass is 427 g/mol. The predicted octanol–water partition coefficient (Wildman–Crippen LogP) is 6.24. The SMILES string of the molecule is O=S(=O)(Nc1ccc(Oc2ccccc2)cc1)c1cc(Cl)c(Cl)cc1Cl. The Bertz CT molecular complexity index is 1020. The number of sulfonamides is 1. The second-order valence-corrected chi connectivity index (χ2v) is 8.11. The van der Waals surface area contributed by atoms with E-state index in [9.17, 15) is 8.42 Å². The topological polar surface area (TPSA) is 55.4 Å². The Morgan fingerprint density at radius 1 is 0.731 bits per heavy atom. The van der Waals surface area contributed by atoms with Crippen molar-refractivity contribution in [1.82, 2.24) is 0 Å². The summed E-state index contributed by atoms with van der Waals surface area (Å²) in [6.45, 7) is 0. The number of anilines is 1. The maximum Gasteiger partial charge on any atom is 0.263 e. The molecular weight excluding hydrogens is 417 g/mol. The maximum atomic E-state index is 12.5. The van der Waals surface area contributed by atoms with Crippen molar-refractivity contribution in [3.05, 3.63) is 81.8 Å². The van der Waals surface area contributed by atoms with Gasteiger partial charge >= 0.3 is 0 Å². The molecular formula is C18H12Cl3NO3S. The van der Waals surface area contributed by atoms with Crippen molar-refractivity contribution in [3.8, 4) is 11.5 Å². The van der Waals surface area contributed by atoms with Crippen molar-refractivity contribution in [3.63, 3.8) is 0 Å². The number of hydrogen-bond acceptors (Lipinski definition) is 3. The molecule has 8 heteroatoms. The summed E-state index contributed by atoms with van der Waals surface area (Å²) in [5, 5.41) is 0.261. The van der Waals surface area contributed by atoms with Crippen LogP contribution >= 0.6 is 34.8 Å². The van der Waals surface area contributed by atoms with E-state index in [1.807, 2.05) is 30.3 Å². The van der Waals surface area contributed by atoms with Crippen LogP contribution in [-0.2, 0) is 10.0 Å². The van der Waals surface area contributed by atoms with Crippen LogP contribution in [-0.4, -0.2) is 8.42 Å². The van der Waals surface area contributed by atoms with Crippen LogP contribution in [0, 0.1) is 0 Å². The molecule has 0 aliphatic rings. The van der Waals surface area contributed by atoms with E-state index in [0.717, 1.165) is 0 Å². The molecule has 0 bridgehead atoms. The van der Waals surface area contributed by atoms with Gasteiger partial charge in [-0.3, -0.25) is 4.72 Å². The van der Waals surface area contributed by atoms with Gasteiger partial charge in [0.25, 0.3) is 10.0 Å². The summed E-state index contributed by atoms with van der Waals surface area (Å²) in [4.78, 5) is -0.154. The zero-order valence-electron chi connectivity index (χ0n) is 13.1. The Hall–Kier alpha value is -1.92. The first-order chi connectivity index (χ1) is 12.3. The van der Waals surface area contributed by atoms with Gasteiger partial charge in [-0.05, 0) is 48.5 Å². The van der Waals surface area contributed by atoms with E-state index in [0.29, 0.717) is 17.2 Å². The second-order valence-electron chi connectivity index (χ2n) is 5.24. The lowest BCUT2D eigenvalue weighted by Crippen LogP contribution is -2.13. The van der Waals surface area contributed by atoms with Gasteiger partial charge < -0.3 is 4.74 Å². The zero-order valence-corrected chi connectivity index (χ0v) is 16.2. The number of benzene rings is 3. The molecule has 0 spiro atoms. The van der Waals surface area contributed by atoms with E-state index in [1.165, 1.54) is 12.1 Å². The fraction of sp³-hybridized carbons (Fsp3) is 0. The minimum absolute atomic E-state index is 0.0177. The van der Waals surface area contributed by atoms with Gasteiger partial charge in [0.05, 0.1) is 15.1 Å². The lowest BCUT2D eigenvalue weighted by Gasteiger charge is -2.11. The summed E-state index contributed by atoms with van der Waals surface area (Å²) in [6, 6.07) is 18.2. The normalized spacial score (nSPS) is 11.2. The van der Waals surface area contributed by atoms with Crippen molar-refractivity contribution in [2.24, 2.45) is 0 Å². The molecule has 4 nitrogen and oxygen atoms in total. The lowest BCUT2D eigenvalue weighted by atomic mass is 10.3. The van der Waals surface area contributed by atoms with Gasteiger partial charge in [0.2, 0.25) is 0 Å². The predicted molar refractivity (Wildman–Crippen MR) is 105 cm³/mol. The van der Waals surface area contributed by atoms with E-state index in [2.05, 4.69) is 4.72 Å². The Labute approximate surface area is 166 Å². The molecule has 1 N–H and O–H groups in total. The van der Waals surface area contributed by atoms with Crippen molar-refractivity contribution in [1.29, 1.82) is 0 Å². The number of ether oxygens (including phenoxy) is 1. The number of nitrogens with one attached hydrogen (secondary N) is 1. The highest BCUT2D eigenvalue weighted by atomic mass is 35.5.